The lowest BCUT2D eigenvalue weighted by Crippen LogP contribution is -2.34. The zero-order valence-corrected chi connectivity index (χ0v) is 20.5. The van der Waals surface area contributed by atoms with E-state index >= 15 is 0 Å². The zero-order valence-electron chi connectivity index (χ0n) is 19.6. The van der Waals surface area contributed by atoms with E-state index in [-0.39, 0.29) is 24.3 Å². The number of carbonyl (C=O) groups is 1. The number of nitrogens with two attached hydrogens (primary N) is 1. The van der Waals surface area contributed by atoms with Gasteiger partial charge in [-0.15, -0.1) is 10.2 Å². The molecule has 0 bridgehead atoms. The largest absolute Gasteiger partial charge is 0.485 e. The molecule has 1 heterocycles. The Hall–Kier alpha value is -2.22. The van der Waals surface area contributed by atoms with Crippen molar-refractivity contribution in [3.63, 3.8) is 0 Å². The Kier molecular flexibility index (Phi) is 9.68. The number of benzene rings is 1. The molecule has 0 aliphatic rings. The van der Waals surface area contributed by atoms with E-state index in [1.54, 1.807) is 0 Å². The van der Waals surface area contributed by atoms with Gasteiger partial charge in [0.1, 0.15) is 12.4 Å². The second-order valence-electron chi connectivity index (χ2n) is 8.84. The highest BCUT2D eigenvalue weighted by molar-refractivity contribution is 7.99. The first-order chi connectivity index (χ1) is 14.7. The summed E-state index contributed by atoms with van der Waals surface area (Å²) in [5.41, 5.74) is 2.27. The Morgan fingerprint density at radius 1 is 1.19 bits per heavy atom. The molecule has 1 aromatic heterocycles. The summed E-state index contributed by atoms with van der Waals surface area (Å²) in [6, 6.07) is 6.36. The molecule has 1 unspecified atom stereocenters. The number of amides is 1. The van der Waals surface area contributed by atoms with Gasteiger partial charge in [-0.2, -0.15) is 0 Å². The number of ether oxygens (including phenoxy) is 1. The number of hydrogen-bond acceptors (Lipinski definition) is 6. The van der Waals surface area contributed by atoms with Crippen molar-refractivity contribution in [2.75, 3.05) is 11.6 Å². The van der Waals surface area contributed by atoms with E-state index in [4.69, 9.17) is 10.6 Å². The maximum atomic E-state index is 12.2. The quantitative estimate of drug-likeness (QED) is 0.369. The third kappa shape index (κ3) is 8.09. The highest BCUT2D eigenvalue weighted by atomic mass is 32.2. The van der Waals surface area contributed by atoms with Crippen molar-refractivity contribution in [1.29, 1.82) is 0 Å². The van der Waals surface area contributed by atoms with Gasteiger partial charge in [-0.1, -0.05) is 64.4 Å². The lowest BCUT2D eigenvalue weighted by Gasteiger charge is -2.15. The number of nitrogen functional groups attached to an aromatic ring is 1. The molecule has 0 spiro atoms. The molecule has 8 heteroatoms. The van der Waals surface area contributed by atoms with Gasteiger partial charge in [0.15, 0.2) is 5.82 Å². The summed E-state index contributed by atoms with van der Waals surface area (Å²) < 4.78 is 7.40. The number of rotatable bonds is 12. The summed E-state index contributed by atoms with van der Waals surface area (Å²) in [7, 11) is 0. The number of thioether (sulfide) groups is 1. The van der Waals surface area contributed by atoms with E-state index in [0.29, 0.717) is 22.8 Å². The number of aromatic nitrogens is 3. The van der Waals surface area contributed by atoms with Crippen LogP contribution >= 0.6 is 11.8 Å². The Morgan fingerprint density at radius 2 is 1.94 bits per heavy atom. The predicted molar refractivity (Wildman–Crippen MR) is 127 cm³/mol. The minimum atomic E-state index is -0.0239. The summed E-state index contributed by atoms with van der Waals surface area (Å²) in [5.74, 6) is 8.75. The van der Waals surface area contributed by atoms with Crippen LogP contribution in [0.25, 0.3) is 0 Å². The summed E-state index contributed by atoms with van der Waals surface area (Å²) >= 11 is 1.28. The van der Waals surface area contributed by atoms with Gasteiger partial charge in [-0.05, 0) is 49.3 Å². The van der Waals surface area contributed by atoms with Crippen LogP contribution in [-0.2, 0) is 11.4 Å². The van der Waals surface area contributed by atoms with Crippen molar-refractivity contribution < 1.29 is 9.53 Å². The lowest BCUT2D eigenvalue weighted by molar-refractivity contribution is -0.119. The number of nitrogens with one attached hydrogen (secondary N) is 1. The molecular formula is C23H37N5O2S. The monoisotopic (exact) mass is 447 g/mol. The first-order valence-electron chi connectivity index (χ1n) is 11.0. The van der Waals surface area contributed by atoms with E-state index < -0.39 is 0 Å². The van der Waals surface area contributed by atoms with E-state index in [0.717, 1.165) is 29.7 Å². The van der Waals surface area contributed by atoms with Gasteiger partial charge in [-0.25, -0.2) is 4.68 Å². The van der Waals surface area contributed by atoms with Crippen LogP contribution in [-0.4, -0.2) is 32.6 Å². The molecule has 1 atom stereocenters. The molecule has 172 valence electrons. The Morgan fingerprint density at radius 3 is 2.61 bits per heavy atom. The topological polar surface area (TPSA) is 95.1 Å². The molecule has 1 aromatic carbocycles. The Balaban J connectivity index is 1.86. The van der Waals surface area contributed by atoms with Crippen molar-refractivity contribution in [2.24, 2.45) is 5.92 Å². The fraction of sp³-hybridized carbons (Fsp3) is 0.609. The Bertz CT molecular complexity index is 850. The third-order valence-electron chi connectivity index (χ3n) is 5.04. The molecule has 1 amide bonds. The minimum Gasteiger partial charge on any atom is -0.485 e. The second-order valence-corrected chi connectivity index (χ2v) is 9.78. The van der Waals surface area contributed by atoms with Gasteiger partial charge in [-0.3, -0.25) is 4.79 Å². The first-order valence-corrected chi connectivity index (χ1v) is 12.0. The van der Waals surface area contributed by atoms with Crippen molar-refractivity contribution in [3.8, 4) is 5.75 Å². The van der Waals surface area contributed by atoms with Crippen molar-refractivity contribution in [1.82, 2.24) is 20.2 Å². The molecule has 0 saturated carbocycles. The molecule has 3 N–H and O–H groups in total. The molecule has 0 aliphatic carbocycles. The van der Waals surface area contributed by atoms with Crippen LogP contribution in [0.3, 0.4) is 0 Å². The molecule has 2 rings (SSSR count). The number of aryl methyl sites for hydroxylation is 1. The van der Waals surface area contributed by atoms with Gasteiger partial charge in [0.25, 0.3) is 0 Å². The highest BCUT2D eigenvalue weighted by Crippen LogP contribution is 2.28. The van der Waals surface area contributed by atoms with Gasteiger partial charge in [0.05, 0.1) is 5.75 Å². The average molecular weight is 448 g/mol. The van der Waals surface area contributed by atoms with Crippen molar-refractivity contribution >= 4 is 17.7 Å². The predicted octanol–water partition coefficient (Wildman–Crippen LogP) is 4.43. The fourth-order valence-corrected chi connectivity index (χ4v) is 3.93. The van der Waals surface area contributed by atoms with E-state index in [1.807, 2.05) is 19.9 Å². The van der Waals surface area contributed by atoms with Gasteiger partial charge in [0, 0.05) is 6.04 Å². The minimum absolute atomic E-state index is 0.0239. The molecule has 2 aromatic rings. The van der Waals surface area contributed by atoms with E-state index in [1.165, 1.54) is 22.9 Å². The van der Waals surface area contributed by atoms with Crippen LogP contribution in [0.5, 0.6) is 5.75 Å². The van der Waals surface area contributed by atoms with E-state index in [9.17, 15) is 4.79 Å². The maximum absolute atomic E-state index is 12.2. The van der Waals surface area contributed by atoms with Crippen LogP contribution in [0, 0.1) is 12.8 Å². The van der Waals surface area contributed by atoms with Crippen LogP contribution in [0.1, 0.15) is 76.8 Å². The van der Waals surface area contributed by atoms with Crippen LogP contribution in [0.4, 0.5) is 0 Å². The van der Waals surface area contributed by atoms with Crippen molar-refractivity contribution in [3.05, 3.63) is 35.2 Å². The standard InChI is InChI=1S/C23H37N5O2S/c1-15(2)8-7-9-18(6)25-22(29)14-31-23-27-26-21(28(23)24)13-30-20-12-17(5)10-11-19(20)16(3)4/h10-12,15-16,18H,7-9,13-14,24H2,1-6H3,(H,25,29). The smallest absolute Gasteiger partial charge is 0.230 e. The normalized spacial score (nSPS) is 12.4. The zero-order chi connectivity index (χ0) is 23.0. The van der Waals surface area contributed by atoms with Crippen molar-refractivity contribution in [2.45, 2.75) is 84.5 Å². The van der Waals surface area contributed by atoms with Crippen LogP contribution < -0.4 is 15.9 Å². The van der Waals surface area contributed by atoms with Gasteiger partial charge < -0.3 is 15.9 Å². The molecule has 0 saturated heterocycles. The maximum Gasteiger partial charge on any atom is 0.230 e. The fourth-order valence-electron chi connectivity index (χ4n) is 3.24. The van der Waals surface area contributed by atoms with Crippen LogP contribution in [0.15, 0.2) is 23.4 Å². The molecule has 31 heavy (non-hydrogen) atoms. The summed E-state index contributed by atoms with van der Waals surface area (Å²) in [5, 5.41) is 11.8. The SMILES string of the molecule is Cc1ccc(C(C)C)c(OCc2nnc(SCC(=O)NC(C)CCCC(C)C)n2N)c1. The number of carbonyl (C=O) groups excluding carboxylic acids is 1. The second kappa shape index (κ2) is 12.0. The third-order valence-corrected chi connectivity index (χ3v) is 5.98. The summed E-state index contributed by atoms with van der Waals surface area (Å²) in [4.78, 5) is 12.2. The van der Waals surface area contributed by atoms with E-state index in [2.05, 4.69) is 55.3 Å². The average Bonchev–Trinajstić information content (AvgIpc) is 3.03. The van der Waals surface area contributed by atoms with Gasteiger partial charge >= 0.3 is 0 Å². The van der Waals surface area contributed by atoms with Gasteiger partial charge in [0.2, 0.25) is 11.1 Å². The summed E-state index contributed by atoms with van der Waals surface area (Å²) in [6.07, 6.45) is 3.28. The molecule has 0 aliphatic heterocycles. The summed E-state index contributed by atoms with van der Waals surface area (Å²) in [6.45, 7) is 13.0. The number of hydrogen-bond donors (Lipinski definition) is 2. The molecule has 0 fully saturated rings. The molecular weight excluding hydrogens is 410 g/mol. The van der Waals surface area contributed by atoms with Crippen LogP contribution in [0.2, 0.25) is 0 Å². The lowest BCUT2D eigenvalue weighted by atomic mass is 10.0. The number of nitrogens with zero attached hydrogens (tertiary/aromatic N) is 3. The Labute approximate surface area is 190 Å². The first kappa shape index (κ1) is 25.0. The molecule has 7 nitrogen and oxygen atoms in total. The molecule has 0 radical (unpaired) electrons. The highest BCUT2D eigenvalue weighted by Gasteiger charge is 2.15.